The SMILES string of the molecule is O=S(=O)(CN1CCCC(C(F)(F)F)C1)C1CCC(c2ccnc3cnc4[nH]ccc4c23)CC1. The molecule has 33 heavy (non-hydrogen) atoms. The molecule has 0 radical (unpaired) electrons. The third-order valence-corrected chi connectivity index (χ3v) is 9.49. The Morgan fingerprint density at radius 2 is 1.88 bits per heavy atom. The molecule has 178 valence electrons. The second kappa shape index (κ2) is 8.54. The van der Waals surface area contributed by atoms with E-state index in [2.05, 4.69) is 15.0 Å². The lowest BCUT2D eigenvalue weighted by molar-refractivity contribution is -0.185. The van der Waals surface area contributed by atoms with Gasteiger partial charge in [0.1, 0.15) is 11.5 Å². The monoisotopic (exact) mass is 480 g/mol. The first kappa shape index (κ1) is 22.6. The molecule has 1 aliphatic carbocycles. The molecule has 4 heterocycles. The summed E-state index contributed by atoms with van der Waals surface area (Å²) in [6, 6.07) is 4.00. The van der Waals surface area contributed by atoms with Crippen LogP contribution in [0.1, 0.15) is 50.0 Å². The Labute approximate surface area is 190 Å². The van der Waals surface area contributed by atoms with Crippen molar-refractivity contribution < 1.29 is 21.6 Å². The number of rotatable bonds is 4. The Bertz CT molecular complexity index is 1250. The molecule has 1 aliphatic heterocycles. The number of alkyl halides is 3. The maximum absolute atomic E-state index is 13.1. The molecule has 0 bridgehead atoms. The molecule has 2 aliphatic rings. The number of fused-ring (bicyclic) bond motifs is 3. The summed E-state index contributed by atoms with van der Waals surface area (Å²) in [6.45, 7) is 0.187. The predicted molar refractivity (Wildman–Crippen MR) is 121 cm³/mol. The van der Waals surface area contributed by atoms with Crippen LogP contribution in [0.2, 0.25) is 0 Å². The Morgan fingerprint density at radius 3 is 2.64 bits per heavy atom. The number of hydrogen-bond donors (Lipinski definition) is 1. The van der Waals surface area contributed by atoms with Gasteiger partial charge in [0.05, 0.1) is 22.9 Å². The quantitative estimate of drug-likeness (QED) is 0.581. The molecule has 0 amide bonds. The Kier molecular flexibility index (Phi) is 5.84. The van der Waals surface area contributed by atoms with Crippen molar-refractivity contribution >= 4 is 31.8 Å². The highest BCUT2D eigenvalue weighted by Crippen LogP contribution is 2.40. The number of nitrogens with one attached hydrogen (secondary N) is 1. The lowest BCUT2D eigenvalue weighted by Crippen LogP contribution is -2.45. The van der Waals surface area contributed by atoms with Crippen LogP contribution in [0.3, 0.4) is 0 Å². The van der Waals surface area contributed by atoms with E-state index in [4.69, 9.17) is 0 Å². The summed E-state index contributed by atoms with van der Waals surface area (Å²) in [6.07, 6.45) is 4.05. The highest BCUT2D eigenvalue weighted by atomic mass is 32.2. The molecule has 0 spiro atoms. The van der Waals surface area contributed by atoms with Crippen LogP contribution in [0.5, 0.6) is 0 Å². The third kappa shape index (κ3) is 4.47. The van der Waals surface area contributed by atoms with Gasteiger partial charge in [-0.2, -0.15) is 13.2 Å². The van der Waals surface area contributed by atoms with Gasteiger partial charge in [0.2, 0.25) is 0 Å². The van der Waals surface area contributed by atoms with Gasteiger partial charge in [-0.05, 0) is 68.7 Å². The standard InChI is InChI=1S/C23H27F3N4O2S/c24-23(25,26)16-2-1-11-30(13-16)14-33(31,32)17-5-3-15(4-6-17)18-7-9-27-20-12-29-22-19(21(18)20)8-10-28-22/h7-10,12,15-17H,1-6,11,13-14H2,(H,28,29). The number of likely N-dealkylation sites (tertiary alicyclic amines) is 1. The number of aromatic nitrogens is 3. The van der Waals surface area contributed by atoms with Gasteiger partial charge in [0.15, 0.2) is 9.84 Å². The second-order valence-electron chi connectivity index (χ2n) is 9.38. The van der Waals surface area contributed by atoms with Crippen LogP contribution in [-0.4, -0.2) is 58.7 Å². The molecule has 5 rings (SSSR count). The first-order valence-corrected chi connectivity index (χ1v) is 13.2. The van der Waals surface area contributed by atoms with Gasteiger partial charge < -0.3 is 4.98 Å². The largest absolute Gasteiger partial charge is 0.393 e. The molecular weight excluding hydrogens is 453 g/mol. The minimum absolute atomic E-state index is 0.0783. The van der Waals surface area contributed by atoms with Crippen LogP contribution >= 0.6 is 0 Å². The summed E-state index contributed by atoms with van der Waals surface area (Å²) < 4.78 is 65.4. The number of pyridine rings is 2. The fraction of sp³-hybridized carbons (Fsp3) is 0.565. The van der Waals surface area contributed by atoms with Crippen LogP contribution in [-0.2, 0) is 9.84 Å². The molecule has 1 saturated carbocycles. The third-order valence-electron chi connectivity index (χ3n) is 7.28. The van der Waals surface area contributed by atoms with Crippen molar-refractivity contribution in [1.29, 1.82) is 0 Å². The molecule has 2 fully saturated rings. The van der Waals surface area contributed by atoms with Gasteiger partial charge in [0.25, 0.3) is 0 Å². The summed E-state index contributed by atoms with van der Waals surface area (Å²) in [7, 11) is -3.49. The van der Waals surface area contributed by atoms with Crippen molar-refractivity contribution in [3.8, 4) is 0 Å². The number of halogens is 3. The lowest BCUT2D eigenvalue weighted by atomic mass is 9.82. The van der Waals surface area contributed by atoms with Gasteiger partial charge in [-0.25, -0.2) is 13.4 Å². The zero-order valence-corrected chi connectivity index (χ0v) is 19.0. The van der Waals surface area contributed by atoms with E-state index in [9.17, 15) is 21.6 Å². The molecule has 3 aromatic rings. The van der Waals surface area contributed by atoms with E-state index >= 15 is 0 Å². The van der Waals surface area contributed by atoms with Crippen molar-refractivity contribution in [3.63, 3.8) is 0 Å². The van der Waals surface area contributed by atoms with E-state index in [1.54, 1.807) is 12.4 Å². The van der Waals surface area contributed by atoms with Gasteiger partial charge in [-0.1, -0.05) is 0 Å². The molecule has 1 N–H and O–H groups in total. The zero-order valence-electron chi connectivity index (χ0n) is 18.2. The minimum atomic E-state index is -4.27. The molecule has 3 aromatic heterocycles. The summed E-state index contributed by atoms with van der Waals surface area (Å²) >= 11 is 0. The fourth-order valence-corrected chi connectivity index (χ4v) is 7.50. The molecule has 1 unspecified atom stereocenters. The van der Waals surface area contributed by atoms with Gasteiger partial charge in [-0.15, -0.1) is 0 Å². The van der Waals surface area contributed by atoms with E-state index in [0.29, 0.717) is 25.8 Å². The van der Waals surface area contributed by atoms with Gasteiger partial charge >= 0.3 is 6.18 Å². The number of nitrogens with zero attached hydrogens (tertiary/aromatic N) is 3. The first-order valence-electron chi connectivity index (χ1n) is 11.4. The van der Waals surface area contributed by atoms with Crippen molar-refractivity contribution in [2.45, 2.75) is 55.9 Å². The lowest BCUT2D eigenvalue weighted by Gasteiger charge is -2.35. The first-order chi connectivity index (χ1) is 15.7. The smallest absolute Gasteiger partial charge is 0.346 e. The second-order valence-corrected chi connectivity index (χ2v) is 11.6. The number of piperidine rings is 1. The summed E-state index contributed by atoms with van der Waals surface area (Å²) in [4.78, 5) is 13.5. The van der Waals surface area contributed by atoms with Crippen molar-refractivity contribution in [1.82, 2.24) is 19.9 Å². The Balaban J connectivity index is 1.29. The van der Waals surface area contributed by atoms with Crippen LogP contribution in [0, 0.1) is 5.92 Å². The van der Waals surface area contributed by atoms with Crippen LogP contribution in [0.4, 0.5) is 13.2 Å². The maximum atomic E-state index is 13.1. The molecular formula is C23H27F3N4O2S. The number of hydrogen-bond acceptors (Lipinski definition) is 5. The van der Waals surface area contributed by atoms with E-state index < -0.39 is 27.2 Å². The zero-order chi connectivity index (χ0) is 23.2. The number of sulfone groups is 1. The van der Waals surface area contributed by atoms with Crippen LogP contribution < -0.4 is 0 Å². The fourth-order valence-electron chi connectivity index (χ4n) is 5.55. The highest BCUT2D eigenvalue weighted by molar-refractivity contribution is 7.91. The minimum Gasteiger partial charge on any atom is -0.346 e. The van der Waals surface area contributed by atoms with E-state index in [1.807, 2.05) is 18.3 Å². The average Bonchev–Trinajstić information content (AvgIpc) is 3.27. The van der Waals surface area contributed by atoms with Crippen molar-refractivity contribution in [2.24, 2.45) is 5.92 Å². The summed E-state index contributed by atoms with van der Waals surface area (Å²) in [5, 5.41) is 1.57. The normalized spacial score (nSPS) is 25.6. The Morgan fingerprint density at radius 1 is 1.09 bits per heavy atom. The van der Waals surface area contributed by atoms with Gasteiger partial charge in [-0.3, -0.25) is 9.88 Å². The molecule has 1 saturated heterocycles. The summed E-state index contributed by atoms with van der Waals surface area (Å²) in [5.74, 6) is -1.49. The van der Waals surface area contributed by atoms with Crippen LogP contribution in [0.15, 0.2) is 30.7 Å². The van der Waals surface area contributed by atoms with Crippen LogP contribution in [0.25, 0.3) is 21.9 Å². The number of aromatic amines is 1. The summed E-state index contributed by atoms with van der Waals surface area (Å²) in [5.41, 5.74) is 2.78. The topological polar surface area (TPSA) is 79.0 Å². The van der Waals surface area contributed by atoms with E-state index in [0.717, 1.165) is 40.3 Å². The average molecular weight is 481 g/mol. The maximum Gasteiger partial charge on any atom is 0.393 e. The van der Waals surface area contributed by atoms with E-state index in [1.165, 1.54) is 4.90 Å². The Hall–Kier alpha value is -2.20. The molecule has 1 atom stereocenters. The molecule has 0 aromatic carbocycles. The highest BCUT2D eigenvalue weighted by Gasteiger charge is 2.43. The van der Waals surface area contributed by atoms with Crippen molar-refractivity contribution in [3.05, 3.63) is 36.3 Å². The van der Waals surface area contributed by atoms with E-state index in [-0.39, 0.29) is 24.8 Å². The predicted octanol–water partition coefficient (Wildman–Crippen LogP) is 4.78. The molecule has 10 heteroatoms. The number of H-pyrrole nitrogens is 1. The molecule has 6 nitrogen and oxygen atoms in total. The van der Waals surface area contributed by atoms with Crippen molar-refractivity contribution in [2.75, 3.05) is 19.0 Å². The van der Waals surface area contributed by atoms with Gasteiger partial charge in [0, 0.05) is 29.7 Å².